The summed E-state index contributed by atoms with van der Waals surface area (Å²) in [6.07, 6.45) is 18.9. The van der Waals surface area contributed by atoms with Crippen molar-refractivity contribution in [3.05, 3.63) is 0 Å². The van der Waals surface area contributed by atoms with Crippen LogP contribution in [0.1, 0.15) is 111 Å². The zero-order valence-corrected chi connectivity index (χ0v) is 16.2. The Balaban J connectivity index is 2.35. The first-order valence-electron chi connectivity index (χ1n) is 10.6. The van der Waals surface area contributed by atoms with E-state index < -0.39 is 0 Å². The molecule has 0 amide bonds. The largest absolute Gasteiger partial charge is 0.198 e. The molecule has 0 N–H and O–H groups in total. The first-order chi connectivity index (χ1) is 11.2. The van der Waals surface area contributed by atoms with E-state index in [4.69, 9.17) is 5.26 Å². The van der Waals surface area contributed by atoms with Gasteiger partial charge in [-0.3, -0.25) is 0 Å². The third kappa shape index (κ3) is 8.23. The molecule has 0 aromatic rings. The minimum absolute atomic E-state index is 0.706. The van der Waals surface area contributed by atoms with Crippen molar-refractivity contribution >= 4 is 0 Å². The van der Waals surface area contributed by atoms with Crippen LogP contribution in [-0.4, -0.2) is 0 Å². The fourth-order valence-electron chi connectivity index (χ4n) is 4.90. The van der Waals surface area contributed by atoms with E-state index >= 15 is 0 Å². The quantitative estimate of drug-likeness (QED) is 0.365. The van der Waals surface area contributed by atoms with Crippen molar-refractivity contribution in [1.29, 1.82) is 5.26 Å². The van der Waals surface area contributed by atoms with E-state index in [1.54, 1.807) is 0 Å². The maximum atomic E-state index is 8.88. The Kier molecular flexibility index (Phi) is 11.5. The maximum absolute atomic E-state index is 8.88. The van der Waals surface area contributed by atoms with Crippen molar-refractivity contribution in [1.82, 2.24) is 0 Å². The van der Waals surface area contributed by atoms with Gasteiger partial charge in [0.2, 0.25) is 0 Å². The third-order valence-corrected chi connectivity index (χ3v) is 6.18. The van der Waals surface area contributed by atoms with Crippen LogP contribution in [0.4, 0.5) is 0 Å². The van der Waals surface area contributed by atoms with E-state index in [0.29, 0.717) is 5.92 Å². The lowest BCUT2D eigenvalue weighted by molar-refractivity contribution is 0.182. The summed E-state index contributed by atoms with van der Waals surface area (Å²) in [7, 11) is 0. The molecule has 1 rings (SSSR count). The molecule has 1 nitrogen and oxygen atoms in total. The van der Waals surface area contributed by atoms with Gasteiger partial charge in [-0.25, -0.2) is 0 Å². The predicted molar refractivity (Wildman–Crippen MR) is 101 cm³/mol. The topological polar surface area (TPSA) is 23.8 Å². The normalized spacial score (nSPS) is 22.9. The van der Waals surface area contributed by atoms with Gasteiger partial charge in [0.1, 0.15) is 0 Å². The zero-order valence-electron chi connectivity index (χ0n) is 16.2. The third-order valence-electron chi connectivity index (χ3n) is 6.18. The lowest BCUT2D eigenvalue weighted by Crippen LogP contribution is -2.22. The number of hydrogen-bond donors (Lipinski definition) is 0. The minimum Gasteiger partial charge on any atom is -0.198 e. The first-order valence-corrected chi connectivity index (χ1v) is 10.6. The van der Waals surface area contributed by atoms with E-state index in [1.807, 2.05) is 0 Å². The van der Waals surface area contributed by atoms with E-state index in [9.17, 15) is 0 Å². The lowest BCUT2D eigenvalue weighted by Gasteiger charge is -2.33. The van der Waals surface area contributed by atoms with Crippen LogP contribution in [0.25, 0.3) is 0 Å². The minimum atomic E-state index is 0.706. The number of nitrogens with zero attached hydrogens (tertiary/aromatic N) is 1. The van der Waals surface area contributed by atoms with E-state index in [-0.39, 0.29) is 0 Å². The van der Waals surface area contributed by atoms with Gasteiger partial charge in [-0.05, 0) is 49.4 Å². The van der Waals surface area contributed by atoms with Gasteiger partial charge in [-0.2, -0.15) is 5.26 Å². The van der Waals surface area contributed by atoms with Gasteiger partial charge in [0.05, 0.1) is 6.07 Å². The molecule has 1 atom stereocenters. The molecule has 1 fully saturated rings. The molecule has 23 heavy (non-hydrogen) atoms. The van der Waals surface area contributed by atoms with Gasteiger partial charge >= 0.3 is 0 Å². The van der Waals surface area contributed by atoms with Gasteiger partial charge in [0, 0.05) is 6.42 Å². The molecule has 1 heteroatoms. The Morgan fingerprint density at radius 1 is 0.826 bits per heavy atom. The summed E-state index contributed by atoms with van der Waals surface area (Å²) in [5.41, 5.74) is 0. The molecular formula is C22H41N. The molecule has 0 aromatic carbocycles. The van der Waals surface area contributed by atoms with Crippen molar-refractivity contribution in [3.8, 4) is 6.07 Å². The summed E-state index contributed by atoms with van der Waals surface area (Å²) in [5.74, 6) is 3.61. The molecule has 1 aliphatic carbocycles. The Hall–Kier alpha value is -0.510. The first kappa shape index (κ1) is 20.5. The Labute approximate surface area is 146 Å². The summed E-state index contributed by atoms with van der Waals surface area (Å²) in [5, 5.41) is 8.88. The van der Waals surface area contributed by atoms with Crippen LogP contribution in [0.15, 0.2) is 0 Å². The smallest absolute Gasteiger partial charge is 0.0624 e. The highest BCUT2D eigenvalue weighted by Crippen LogP contribution is 2.38. The summed E-state index contributed by atoms with van der Waals surface area (Å²) < 4.78 is 0. The Bertz CT molecular complexity index is 302. The average molecular weight is 320 g/mol. The van der Waals surface area contributed by atoms with Gasteiger partial charge in [-0.15, -0.1) is 0 Å². The fraction of sp³-hybridized carbons (Fsp3) is 0.955. The predicted octanol–water partition coefficient (Wildman–Crippen LogP) is 7.51. The van der Waals surface area contributed by atoms with Crippen molar-refractivity contribution in [3.63, 3.8) is 0 Å². The van der Waals surface area contributed by atoms with Gasteiger partial charge in [0.25, 0.3) is 0 Å². The van der Waals surface area contributed by atoms with E-state index in [0.717, 1.165) is 24.2 Å². The number of rotatable bonds is 12. The van der Waals surface area contributed by atoms with Crippen LogP contribution in [0.5, 0.6) is 0 Å². The highest BCUT2D eigenvalue weighted by molar-refractivity contribution is 4.83. The molecule has 0 aliphatic heterocycles. The SMILES string of the molecule is CCCC(CCC)CCCC(CCC)C1CCC(CC#N)CC1. The molecule has 0 aromatic heterocycles. The van der Waals surface area contributed by atoms with Crippen LogP contribution in [0, 0.1) is 35.0 Å². The van der Waals surface area contributed by atoms with Crippen LogP contribution in [-0.2, 0) is 0 Å². The highest BCUT2D eigenvalue weighted by atomic mass is 14.3. The summed E-state index contributed by atoms with van der Waals surface area (Å²) in [6.45, 7) is 7.02. The van der Waals surface area contributed by atoms with Gasteiger partial charge in [-0.1, -0.05) is 78.6 Å². The van der Waals surface area contributed by atoms with Crippen LogP contribution in [0.2, 0.25) is 0 Å². The fourth-order valence-corrected chi connectivity index (χ4v) is 4.90. The molecule has 1 saturated carbocycles. The van der Waals surface area contributed by atoms with Crippen LogP contribution in [0.3, 0.4) is 0 Å². The molecule has 0 radical (unpaired) electrons. The summed E-state index contributed by atoms with van der Waals surface area (Å²) >= 11 is 0. The second-order valence-electron chi connectivity index (χ2n) is 8.07. The lowest BCUT2D eigenvalue weighted by atomic mass is 9.72. The van der Waals surface area contributed by atoms with Crippen molar-refractivity contribution in [2.75, 3.05) is 0 Å². The molecule has 134 valence electrons. The second-order valence-corrected chi connectivity index (χ2v) is 8.07. The van der Waals surface area contributed by atoms with Crippen molar-refractivity contribution < 1.29 is 0 Å². The Morgan fingerprint density at radius 2 is 1.43 bits per heavy atom. The highest BCUT2D eigenvalue weighted by Gasteiger charge is 2.26. The molecule has 0 heterocycles. The average Bonchev–Trinajstić information content (AvgIpc) is 2.55. The van der Waals surface area contributed by atoms with E-state index in [1.165, 1.54) is 83.5 Å². The molecular weight excluding hydrogens is 278 g/mol. The van der Waals surface area contributed by atoms with Crippen LogP contribution < -0.4 is 0 Å². The molecule has 0 spiro atoms. The van der Waals surface area contributed by atoms with Crippen molar-refractivity contribution in [2.24, 2.45) is 23.7 Å². The molecule has 1 unspecified atom stereocenters. The zero-order chi connectivity index (χ0) is 16.9. The van der Waals surface area contributed by atoms with Gasteiger partial charge in [0.15, 0.2) is 0 Å². The van der Waals surface area contributed by atoms with Crippen LogP contribution >= 0.6 is 0 Å². The number of nitriles is 1. The van der Waals surface area contributed by atoms with E-state index in [2.05, 4.69) is 26.8 Å². The maximum Gasteiger partial charge on any atom is 0.0624 e. The standard InChI is InChI=1S/C22H41N/c1-4-8-19(9-5-2)11-7-12-21(10-6-3)22-15-13-20(14-16-22)17-18-23/h19-22H,4-17H2,1-3H3. The van der Waals surface area contributed by atoms with Crippen molar-refractivity contribution in [2.45, 2.75) is 111 Å². The second kappa shape index (κ2) is 12.9. The van der Waals surface area contributed by atoms with Gasteiger partial charge < -0.3 is 0 Å². The summed E-state index contributed by atoms with van der Waals surface area (Å²) in [6, 6.07) is 2.38. The number of hydrogen-bond acceptors (Lipinski definition) is 1. The summed E-state index contributed by atoms with van der Waals surface area (Å²) in [4.78, 5) is 0. The Morgan fingerprint density at radius 3 is 1.96 bits per heavy atom. The molecule has 1 aliphatic rings. The monoisotopic (exact) mass is 319 g/mol. The molecule has 0 bridgehead atoms. The molecule has 0 saturated heterocycles.